The summed E-state index contributed by atoms with van der Waals surface area (Å²) in [7, 11) is 0. The molecule has 1 N–H and O–H groups in total. The minimum Gasteiger partial charge on any atom is -0.347 e. The van der Waals surface area contributed by atoms with E-state index < -0.39 is 0 Å². The number of nitrogens with zero attached hydrogens (tertiary/aromatic N) is 3. The first-order valence-corrected chi connectivity index (χ1v) is 10.4. The molecule has 5 nitrogen and oxygen atoms in total. The maximum absolute atomic E-state index is 12.6. The molecule has 0 saturated carbocycles. The number of carbonyl (C=O) groups is 1. The third-order valence-electron chi connectivity index (χ3n) is 5.68. The molecule has 1 saturated heterocycles. The molecule has 0 aliphatic carbocycles. The van der Waals surface area contributed by atoms with Crippen molar-refractivity contribution >= 4 is 16.7 Å². The molecule has 1 aromatic heterocycles. The molecule has 1 aliphatic rings. The molecule has 150 valence electrons. The van der Waals surface area contributed by atoms with Crippen molar-refractivity contribution in [3.63, 3.8) is 0 Å². The van der Waals surface area contributed by atoms with Crippen molar-refractivity contribution in [3.8, 4) is 0 Å². The molecule has 2 heterocycles. The topological polar surface area (TPSA) is 48.5 Å². The van der Waals surface area contributed by atoms with Gasteiger partial charge in [0.05, 0.1) is 0 Å². The number of aromatic nitrogens is 1. The average molecular weight is 389 g/mol. The number of benzene rings is 2. The summed E-state index contributed by atoms with van der Waals surface area (Å²) in [6.07, 6.45) is 1.69. The lowest BCUT2D eigenvalue weighted by molar-refractivity contribution is 0.0948. The number of fused-ring (bicyclic) bond motifs is 1. The van der Waals surface area contributed by atoms with Crippen molar-refractivity contribution in [1.82, 2.24) is 20.1 Å². The smallest absolute Gasteiger partial charge is 0.270 e. The largest absolute Gasteiger partial charge is 0.347 e. The van der Waals surface area contributed by atoms with Gasteiger partial charge in [0.2, 0.25) is 0 Å². The van der Waals surface area contributed by atoms with E-state index in [2.05, 4.69) is 51.3 Å². The fourth-order valence-corrected chi connectivity index (χ4v) is 3.85. The standard InChI is InChI=1S/C24H28N4O/c1-2-27-13-15-28(16-14-27)18-20-9-7-19(8-10-20)17-26-24(29)23-22-6-4-3-5-21(22)11-12-25-23/h3-12H,2,13-18H2,1H3,(H,26,29). The van der Waals surface area contributed by atoms with Crippen molar-refractivity contribution in [2.75, 3.05) is 32.7 Å². The van der Waals surface area contributed by atoms with Crippen LogP contribution in [0, 0.1) is 0 Å². The summed E-state index contributed by atoms with van der Waals surface area (Å²) >= 11 is 0. The number of carbonyl (C=O) groups excluding carboxylic acids is 1. The fraction of sp³-hybridized carbons (Fsp3) is 0.333. The molecule has 3 aromatic rings. The summed E-state index contributed by atoms with van der Waals surface area (Å²) in [4.78, 5) is 21.9. The first-order chi connectivity index (χ1) is 14.2. The number of nitrogens with one attached hydrogen (secondary N) is 1. The zero-order chi connectivity index (χ0) is 20.1. The van der Waals surface area contributed by atoms with Gasteiger partial charge in [0.1, 0.15) is 5.69 Å². The van der Waals surface area contributed by atoms with Gasteiger partial charge in [-0.1, -0.05) is 55.5 Å². The molecule has 29 heavy (non-hydrogen) atoms. The van der Waals surface area contributed by atoms with E-state index in [9.17, 15) is 4.79 Å². The van der Waals surface area contributed by atoms with Crippen molar-refractivity contribution in [1.29, 1.82) is 0 Å². The monoisotopic (exact) mass is 388 g/mol. The van der Waals surface area contributed by atoms with Crippen LogP contribution in [0.1, 0.15) is 28.5 Å². The van der Waals surface area contributed by atoms with Crippen molar-refractivity contribution in [2.24, 2.45) is 0 Å². The summed E-state index contributed by atoms with van der Waals surface area (Å²) in [6, 6.07) is 18.3. The van der Waals surface area contributed by atoms with Gasteiger partial charge in [0.25, 0.3) is 5.91 Å². The van der Waals surface area contributed by atoms with Crippen molar-refractivity contribution in [2.45, 2.75) is 20.0 Å². The first-order valence-electron chi connectivity index (χ1n) is 10.4. The lowest BCUT2D eigenvalue weighted by Crippen LogP contribution is -2.45. The number of rotatable bonds is 6. The Labute approximate surface area is 172 Å². The highest BCUT2D eigenvalue weighted by molar-refractivity contribution is 6.05. The number of hydrogen-bond acceptors (Lipinski definition) is 4. The van der Waals surface area contributed by atoms with Gasteiger partial charge >= 0.3 is 0 Å². The van der Waals surface area contributed by atoms with Gasteiger partial charge in [-0.25, -0.2) is 0 Å². The predicted octanol–water partition coefficient (Wildman–Crippen LogP) is 3.30. The van der Waals surface area contributed by atoms with E-state index in [1.807, 2.05) is 30.3 Å². The minimum atomic E-state index is -0.139. The Morgan fingerprint density at radius 2 is 1.62 bits per heavy atom. The molecule has 5 heteroatoms. The lowest BCUT2D eigenvalue weighted by atomic mass is 10.1. The highest BCUT2D eigenvalue weighted by Crippen LogP contribution is 2.16. The van der Waals surface area contributed by atoms with Crippen LogP contribution in [0.3, 0.4) is 0 Å². The van der Waals surface area contributed by atoms with Crippen LogP contribution in [0.15, 0.2) is 60.8 Å². The molecule has 0 radical (unpaired) electrons. The Hall–Kier alpha value is -2.76. The molecule has 0 unspecified atom stereocenters. The van der Waals surface area contributed by atoms with Crippen molar-refractivity contribution in [3.05, 3.63) is 77.6 Å². The maximum atomic E-state index is 12.6. The van der Waals surface area contributed by atoms with Crippen LogP contribution in [0.25, 0.3) is 10.8 Å². The van der Waals surface area contributed by atoms with Gasteiger partial charge < -0.3 is 10.2 Å². The summed E-state index contributed by atoms with van der Waals surface area (Å²) in [5.74, 6) is -0.139. The van der Waals surface area contributed by atoms with Crippen LogP contribution in [0.5, 0.6) is 0 Å². The SMILES string of the molecule is CCN1CCN(Cc2ccc(CNC(=O)c3nccc4ccccc34)cc2)CC1. The lowest BCUT2D eigenvalue weighted by Gasteiger charge is -2.34. The molecule has 4 rings (SSSR count). The third kappa shape index (κ3) is 4.81. The Morgan fingerprint density at radius 1 is 0.931 bits per heavy atom. The van der Waals surface area contributed by atoms with E-state index in [1.165, 1.54) is 5.56 Å². The summed E-state index contributed by atoms with van der Waals surface area (Å²) in [6.45, 7) is 9.42. The van der Waals surface area contributed by atoms with Crippen molar-refractivity contribution < 1.29 is 4.79 Å². The zero-order valence-electron chi connectivity index (χ0n) is 17.0. The Kier molecular flexibility index (Phi) is 6.17. The Balaban J connectivity index is 1.33. The second kappa shape index (κ2) is 9.16. The highest BCUT2D eigenvalue weighted by Gasteiger charge is 2.15. The van der Waals surface area contributed by atoms with E-state index in [0.717, 1.165) is 55.6 Å². The highest BCUT2D eigenvalue weighted by atomic mass is 16.1. The van der Waals surface area contributed by atoms with Gasteiger partial charge in [-0.15, -0.1) is 0 Å². The normalized spacial score (nSPS) is 15.5. The molecule has 0 bridgehead atoms. The summed E-state index contributed by atoms with van der Waals surface area (Å²) in [5, 5.41) is 4.91. The predicted molar refractivity (Wildman–Crippen MR) is 117 cm³/mol. The molecule has 1 fully saturated rings. The van der Waals surface area contributed by atoms with Gasteiger partial charge in [-0.2, -0.15) is 0 Å². The van der Waals surface area contributed by atoms with Crippen LogP contribution in [-0.4, -0.2) is 53.4 Å². The van der Waals surface area contributed by atoms with E-state index in [1.54, 1.807) is 6.20 Å². The third-order valence-corrected chi connectivity index (χ3v) is 5.68. The van der Waals surface area contributed by atoms with Gasteiger partial charge in [-0.05, 0) is 29.1 Å². The Morgan fingerprint density at radius 3 is 2.38 bits per heavy atom. The first kappa shape index (κ1) is 19.6. The molecule has 1 aliphatic heterocycles. The number of piperazine rings is 1. The van der Waals surface area contributed by atoms with Crippen LogP contribution < -0.4 is 5.32 Å². The van der Waals surface area contributed by atoms with E-state index >= 15 is 0 Å². The van der Waals surface area contributed by atoms with Gasteiger partial charge in [-0.3, -0.25) is 14.7 Å². The summed E-state index contributed by atoms with van der Waals surface area (Å²) < 4.78 is 0. The van der Waals surface area contributed by atoms with E-state index in [0.29, 0.717) is 12.2 Å². The van der Waals surface area contributed by atoms with Crippen LogP contribution in [-0.2, 0) is 13.1 Å². The van der Waals surface area contributed by atoms with E-state index in [4.69, 9.17) is 0 Å². The second-order valence-corrected chi connectivity index (χ2v) is 7.59. The van der Waals surface area contributed by atoms with Gasteiger partial charge in [0, 0.05) is 50.9 Å². The van der Waals surface area contributed by atoms with Crippen LogP contribution in [0.4, 0.5) is 0 Å². The fourth-order valence-electron chi connectivity index (χ4n) is 3.85. The minimum absolute atomic E-state index is 0.139. The van der Waals surface area contributed by atoms with Crippen LogP contribution in [0.2, 0.25) is 0 Å². The molecular formula is C24H28N4O. The second-order valence-electron chi connectivity index (χ2n) is 7.59. The Bertz CT molecular complexity index is 957. The van der Waals surface area contributed by atoms with E-state index in [-0.39, 0.29) is 5.91 Å². The number of hydrogen-bond donors (Lipinski definition) is 1. The van der Waals surface area contributed by atoms with Crippen LogP contribution >= 0.6 is 0 Å². The molecule has 1 amide bonds. The zero-order valence-corrected chi connectivity index (χ0v) is 17.0. The quantitative estimate of drug-likeness (QED) is 0.704. The maximum Gasteiger partial charge on any atom is 0.270 e. The number of amides is 1. The summed E-state index contributed by atoms with van der Waals surface area (Å²) in [5.41, 5.74) is 2.89. The number of likely N-dealkylation sites (N-methyl/N-ethyl adjacent to an activating group) is 1. The molecule has 0 spiro atoms. The number of pyridine rings is 1. The molecule has 2 aromatic carbocycles. The molecule has 0 atom stereocenters. The average Bonchev–Trinajstić information content (AvgIpc) is 2.78. The molecular weight excluding hydrogens is 360 g/mol. The van der Waals surface area contributed by atoms with Gasteiger partial charge in [0.15, 0.2) is 0 Å².